The molecule has 7 heteroatoms. The highest BCUT2D eigenvalue weighted by atomic mass is 16.4. The van der Waals surface area contributed by atoms with E-state index in [1.807, 2.05) is 28.8 Å². The van der Waals surface area contributed by atoms with Crippen molar-refractivity contribution in [2.75, 3.05) is 0 Å². The van der Waals surface area contributed by atoms with Crippen molar-refractivity contribution in [1.82, 2.24) is 9.55 Å². The van der Waals surface area contributed by atoms with Crippen molar-refractivity contribution in [2.45, 2.75) is 32.7 Å². The maximum Gasteiger partial charge on any atom is 0.336 e. The van der Waals surface area contributed by atoms with Crippen LogP contribution in [0.4, 0.5) is 0 Å². The van der Waals surface area contributed by atoms with E-state index >= 15 is 0 Å². The van der Waals surface area contributed by atoms with Gasteiger partial charge in [0.05, 0.1) is 16.6 Å². The molecule has 1 heterocycles. The maximum atomic E-state index is 12.0. The second-order valence-corrected chi connectivity index (χ2v) is 7.92. The maximum absolute atomic E-state index is 12.0. The van der Waals surface area contributed by atoms with Crippen LogP contribution in [0.3, 0.4) is 0 Å². The third-order valence-electron chi connectivity index (χ3n) is 5.64. The molecule has 0 unspecified atom stereocenters. The quantitative estimate of drug-likeness (QED) is 0.385. The van der Waals surface area contributed by atoms with Crippen molar-refractivity contribution in [3.63, 3.8) is 0 Å². The number of fused-ring (bicyclic) bond motifs is 1. The first-order chi connectivity index (χ1) is 15.9. The average molecular weight is 444 g/mol. The molecule has 0 aliphatic rings. The summed E-state index contributed by atoms with van der Waals surface area (Å²) in [5.41, 5.74) is 2.77. The number of carboxylic acid groups (broad SMARTS) is 1. The Balaban J connectivity index is 1.75. The predicted octanol–water partition coefficient (Wildman–Crippen LogP) is 4.56. The molecule has 0 aliphatic heterocycles. The normalized spacial score (nSPS) is 11.1. The summed E-state index contributed by atoms with van der Waals surface area (Å²) in [6, 6.07) is 17.1. The minimum Gasteiger partial charge on any atom is -0.504 e. The average Bonchev–Trinajstić information content (AvgIpc) is 3.07. The van der Waals surface area contributed by atoms with Crippen LogP contribution in [0.1, 0.15) is 41.5 Å². The highest BCUT2D eigenvalue weighted by Crippen LogP contribution is 2.26. The second-order valence-electron chi connectivity index (χ2n) is 7.92. The molecular weight excluding hydrogens is 420 g/mol. The molecule has 3 N–H and O–H groups in total. The van der Waals surface area contributed by atoms with Gasteiger partial charge < -0.3 is 19.9 Å². The lowest BCUT2D eigenvalue weighted by Gasteiger charge is -2.11. The van der Waals surface area contributed by atoms with Gasteiger partial charge >= 0.3 is 5.97 Å². The fourth-order valence-corrected chi connectivity index (χ4v) is 3.91. The topological polar surface area (TPSA) is 113 Å². The number of carboxylic acids is 1. The Morgan fingerprint density at radius 1 is 1.00 bits per heavy atom. The Hall–Kier alpha value is -4.13. The van der Waals surface area contributed by atoms with Gasteiger partial charge in [0.25, 0.3) is 5.43 Å². The number of hydrogen-bond acceptors (Lipinski definition) is 5. The molecule has 4 aromatic rings. The molecule has 0 saturated carbocycles. The van der Waals surface area contributed by atoms with Crippen LogP contribution >= 0.6 is 0 Å². The number of aryl methyl sites for hydroxylation is 1. The Morgan fingerprint density at radius 2 is 1.70 bits per heavy atom. The van der Waals surface area contributed by atoms with Crippen LogP contribution in [0.2, 0.25) is 0 Å². The number of benzene rings is 2. The molecule has 0 bridgehead atoms. The molecule has 0 amide bonds. The van der Waals surface area contributed by atoms with E-state index in [4.69, 9.17) is 0 Å². The zero-order valence-corrected chi connectivity index (χ0v) is 18.2. The van der Waals surface area contributed by atoms with Gasteiger partial charge in [-0.05, 0) is 29.2 Å². The van der Waals surface area contributed by atoms with Crippen LogP contribution in [0.5, 0.6) is 11.5 Å². The van der Waals surface area contributed by atoms with Crippen molar-refractivity contribution >= 4 is 17.0 Å². The van der Waals surface area contributed by atoms with Crippen molar-refractivity contribution in [1.29, 1.82) is 0 Å². The number of hydrogen-bond donors (Lipinski definition) is 3. The Kier molecular flexibility index (Phi) is 6.13. The van der Waals surface area contributed by atoms with Gasteiger partial charge in [0.15, 0.2) is 11.5 Å². The number of carbonyl (C=O) groups is 1. The molecule has 1 aromatic heterocycles. The van der Waals surface area contributed by atoms with Crippen LogP contribution in [0.15, 0.2) is 65.5 Å². The van der Waals surface area contributed by atoms with E-state index < -0.39 is 22.9 Å². The number of aromatic nitrogens is 2. The summed E-state index contributed by atoms with van der Waals surface area (Å²) in [7, 11) is 0. The van der Waals surface area contributed by atoms with Crippen molar-refractivity contribution < 1.29 is 20.1 Å². The largest absolute Gasteiger partial charge is 0.504 e. The van der Waals surface area contributed by atoms with E-state index in [0.29, 0.717) is 29.6 Å². The smallest absolute Gasteiger partial charge is 0.336 e. The summed E-state index contributed by atoms with van der Waals surface area (Å²) < 4.78 is 1.93. The number of unbranched alkanes of at least 4 members (excludes halogenated alkanes) is 1. The molecule has 0 spiro atoms. The fraction of sp³-hybridized carbons (Fsp3) is 0.192. The first kappa shape index (κ1) is 22.1. The van der Waals surface area contributed by atoms with Gasteiger partial charge in [-0.25, -0.2) is 9.78 Å². The van der Waals surface area contributed by atoms with Crippen LogP contribution in [0, 0.1) is 0 Å². The molecule has 0 radical (unpaired) electrons. The van der Waals surface area contributed by atoms with E-state index in [2.05, 4.69) is 11.9 Å². The standard InChI is InChI=1S/C26H24N2O5/c1-2-3-8-24-27-20-13-22(29)25(31)23(30)14-21(20)28(24)15-16-9-11-17(12-10-16)18-6-4-5-7-19(18)26(32)33/h4-7,9-14H,2-3,8,15H2,1H3,(H,32,33)(H2,29,30,31). The Morgan fingerprint density at radius 3 is 2.39 bits per heavy atom. The number of rotatable bonds is 7. The van der Waals surface area contributed by atoms with Crippen molar-refractivity contribution in [3.05, 3.63) is 87.8 Å². The number of imidazole rings is 1. The number of aromatic hydroxyl groups is 2. The van der Waals surface area contributed by atoms with Gasteiger partial charge in [0.1, 0.15) is 5.82 Å². The molecule has 168 valence electrons. The molecule has 0 atom stereocenters. The number of aromatic carboxylic acids is 1. The molecule has 33 heavy (non-hydrogen) atoms. The molecular formula is C26H24N2O5. The summed E-state index contributed by atoms with van der Waals surface area (Å²) in [5, 5.41) is 29.5. The molecule has 0 fully saturated rings. The minimum absolute atomic E-state index is 0.240. The van der Waals surface area contributed by atoms with Crippen LogP contribution in [-0.2, 0) is 13.0 Å². The number of nitrogens with zero attached hydrogens (tertiary/aromatic N) is 2. The van der Waals surface area contributed by atoms with Crippen LogP contribution in [-0.4, -0.2) is 30.8 Å². The highest BCUT2D eigenvalue weighted by molar-refractivity contribution is 5.96. The molecule has 7 nitrogen and oxygen atoms in total. The van der Waals surface area contributed by atoms with Gasteiger partial charge in [-0.2, -0.15) is 0 Å². The zero-order valence-electron chi connectivity index (χ0n) is 18.2. The van der Waals surface area contributed by atoms with Crippen molar-refractivity contribution in [2.24, 2.45) is 0 Å². The lowest BCUT2D eigenvalue weighted by Crippen LogP contribution is -2.06. The molecule has 4 rings (SSSR count). The van der Waals surface area contributed by atoms with E-state index in [1.54, 1.807) is 24.3 Å². The Labute approximate surface area is 190 Å². The Bertz CT molecular complexity index is 1390. The molecule has 0 aliphatic carbocycles. The highest BCUT2D eigenvalue weighted by Gasteiger charge is 2.15. The van der Waals surface area contributed by atoms with Crippen LogP contribution in [0.25, 0.3) is 22.2 Å². The summed E-state index contributed by atoms with van der Waals surface area (Å²) in [4.78, 5) is 28.1. The first-order valence-electron chi connectivity index (χ1n) is 10.8. The van der Waals surface area contributed by atoms with Crippen molar-refractivity contribution in [3.8, 4) is 22.6 Å². The van der Waals surface area contributed by atoms with Gasteiger partial charge in [0.2, 0.25) is 0 Å². The van der Waals surface area contributed by atoms with E-state index in [9.17, 15) is 24.9 Å². The summed E-state index contributed by atoms with van der Waals surface area (Å²) in [5.74, 6) is -1.26. The fourth-order valence-electron chi connectivity index (χ4n) is 3.91. The van der Waals surface area contributed by atoms with Gasteiger partial charge in [-0.3, -0.25) is 4.79 Å². The predicted molar refractivity (Wildman–Crippen MR) is 126 cm³/mol. The zero-order chi connectivity index (χ0) is 23.5. The lowest BCUT2D eigenvalue weighted by atomic mass is 9.99. The SMILES string of the molecule is CCCCc1nc2cc(O)c(=O)c(O)cc2n1Cc1ccc(-c2ccccc2C(=O)O)cc1. The summed E-state index contributed by atoms with van der Waals surface area (Å²) >= 11 is 0. The third-order valence-corrected chi connectivity index (χ3v) is 5.64. The second kappa shape index (κ2) is 9.16. The molecule has 0 saturated heterocycles. The lowest BCUT2D eigenvalue weighted by molar-refractivity contribution is 0.0697. The van der Waals surface area contributed by atoms with E-state index in [0.717, 1.165) is 29.8 Å². The third kappa shape index (κ3) is 4.43. The van der Waals surface area contributed by atoms with Gasteiger partial charge in [-0.1, -0.05) is 55.8 Å². The van der Waals surface area contributed by atoms with Gasteiger partial charge in [-0.15, -0.1) is 0 Å². The summed E-state index contributed by atoms with van der Waals surface area (Å²) in [6.45, 7) is 2.52. The minimum atomic E-state index is -0.978. The van der Waals surface area contributed by atoms with E-state index in [-0.39, 0.29) is 5.56 Å². The summed E-state index contributed by atoms with van der Waals surface area (Å²) in [6.07, 6.45) is 2.62. The molecule has 3 aromatic carbocycles. The monoisotopic (exact) mass is 444 g/mol. The van der Waals surface area contributed by atoms with E-state index in [1.165, 1.54) is 12.1 Å². The first-order valence-corrected chi connectivity index (χ1v) is 10.8. The van der Waals surface area contributed by atoms with Gasteiger partial charge in [0, 0.05) is 25.1 Å². The van der Waals surface area contributed by atoms with Crippen LogP contribution < -0.4 is 5.43 Å².